The number of nitrogens with zero attached hydrogens (tertiary/aromatic N) is 3. The number of benzene rings is 1. The van der Waals surface area contributed by atoms with Crippen LogP contribution in [0.25, 0.3) is 11.2 Å². The summed E-state index contributed by atoms with van der Waals surface area (Å²) in [5, 5.41) is 0.544. The van der Waals surface area contributed by atoms with E-state index in [-0.39, 0.29) is 60.3 Å². The summed E-state index contributed by atoms with van der Waals surface area (Å²) >= 11 is 6.91. The number of rotatable bonds is 17. The number of pyridine rings is 1. The summed E-state index contributed by atoms with van der Waals surface area (Å²) < 4.78 is 55.1. The molecule has 2 aromatic heterocycles. The van der Waals surface area contributed by atoms with Crippen LogP contribution in [0.3, 0.4) is 0 Å². The molecular formula is C41H61ClFN3O7Si2. The normalized spacial score (nSPS) is 22.7. The van der Waals surface area contributed by atoms with Gasteiger partial charge in [0.15, 0.2) is 20.1 Å². The minimum atomic E-state index is -2.04. The molecule has 0 radical (unpaired) electrons. The summed E-state index contributed by atoms with van der Waals surface area (Å²) in [5.74, 6) is -0.573. The Labute approximate surface area is 333 Å². The van der Waals surface area contributed by atoms with Gasteiger partial charge in [0.25, 0.3) is 0 Å². The number of aryl methyl sites for hydroxylation is 2. The van der Waals surface area contributed by atoms with Crippen LogP contribution in [0, 0.1) is 5.82 Å². The van der Waals surface area contributed by atoms with Crippen molar-refractivity contribution in [2.45, 2.75) is 154 Å². The Morgan fingerprint density at radius 1 is 1.04 bits per heavy atom. The van der Waals surface area contributed by atoms with Crippen molar-refractivity contribution >= 4 is 45.1 Å². The van der Waals surface area contributed by atoms with Crippen molar-refractivity contribution in [1.82, 2.24) is 14.5 Å². The summed E-state index contributed by atoms with van der Waals surface area (Å²) in [5.41, 5.74) is 4.38. The van der Waals surface area contributed by atoms with Gasteiger partial charge < -0.3 is 28.1 Å². The number of unbranched alkanes of at least 4 members (excludes halogenated alkanes) is 1. The second kappa shape index (κ2) is 17.2. The highest BCUT2D eigenvalue weighted by atomic mass is 35.5. The van der Waals surface area contributed by atoms with Crippen LogP contribution in [0.2, 0.25) is 48.8 Å². The molecule has 10 nitrogen and oxygen atoms in total. The molecule has 0 unspecified atom stereocenters. The zero-order chi connectivity index (χ0) is 39.7. The van der Waals surface area contributed by atoms with Crippen LogP contribution >= 0.6 is 11.6 Å². The number of carbonyl (C=O) groups excluding carboxylic acids is 1. The highest BCUT2D eigenvalue weighted by Gasteiger charge is 2.52. The smallest absolute Gasteiger partial charge is 0.306 e. The fraction of sp³-hybridized carbons (Fsp3) is 0.683. The van der Waals surface area contributed by atoms with Gasteiger partial charge in [0.05, 0.1) is 36.6 Å². The number of aromatic nitrogens is 3. The van der Waals surface area contributed by atoms with Crippen molar-refractivity contribution in [2.24, 2.45) is 0 Å². The molecular weight excluding hydrogens is 757 g/mol. The fourth-order valence-electron chi connectivity index (χ4n) is 7.35. The minimum absolute atomic E-state index is 0.0672. The van der Waals surface area contributed by atoms with Crippen molar-refractivity contribution < 1.29 is 37.3 Å². The lowest BCUT2D eigenvalue weighted by atomic mass is 9.93. The van der Waals surface area contributed by atoms with Gasteiger partial charge in [-0.2, -0.15) is 4.98 Å². The third kappa shape index (κ3) is 10.0. The quantitative estimate of drug-likeness (QED) is 0.0751. The molecule has 2 saturated heterocycles. The highest BCUT2D eigenvalue weighted by Crippen LogP contribution is 2.42. The zero-order valence-corrected chi connectivity index (χ0v) is 37.0. The molecule has 5 atom stereocenters. The van der Waals surface area contributed by atoms with E-state index in [2.05, 4.69) is 60.4 Å². The molecule has 3 aliphatic rings. The maximum atomic E-state index is 15.8. The molecule has 6 rings (SSSR count). The first-order valence-electron chi connectivity index (χ1n) is 20.1. The first-order valence-corrected chi connectivity index (χ1v) is 27.1. The molecule has 2 fully saturated rings. The lowest BCUT2D eigenvalue weighted by molar-refractivity contribution is -0.143. The molecule has 304 valence electrons. The predicted octanol–water partition coefficient (Wildman–Crippen LogP) is 9.02. The number of hydrogen-bond acceptors (Lipinski definition) is 9. The molecule has 14 heteroatoms. The molecule has 3 aromatic rings. The van der Waals surface area contributed by atoms with E-state index in [0.29, 0.717) is 72.7 Å². The third-order valence-electron chi connectivity index (χ3n) is 11.7. The van der Waals surface area contributed by atoms with E-state index in [4.69, 9.17) is 49.7 Å². The van der Waals surface area contributed by atoms with Crippen LogP contribution in [0.4, 0.5) is 4.39 Å². The Bertz CT molecular complexity index is 1830. The monoisotopic (exact) mass is 817 g/mol. The SMILES string of the molecule is CCCCOC(=O)CCc1cc(F)c2c(c1)CC[C@@H]2Cc1nc2c(cc1Cl)nc(O[C@@H]1CO[C@H]3[C@@H]1OC[C@H]3O[Si](C)(C)C(C)(C)C)n2COCC[Si](C)(C)C. The van der Waals surface area contributed by atoms with Crippen molar-refractivity contribution in [3.05, 3.63) is 51.4 Å². The van der Waals surface area contributed by atoms with E-state index in [1.807, 2.05) is 16.7 Å². The van der Waals surface area contributed by atoms with Crippen LogP contribution in [0.5, 0.6) is 6.01 Å². The summed E-state index contributed by atoms with van der Waals surface area (Å²) in [7, 11) is -3.36. The van der Waals surface area contributed by atoms with Crippen molar-refractivity contribution in [2.75, 3.05) is 26.4 Å². The third-order valence-corrected chi connectivity index (χ3v) is 18.2. The van der Waals surface area contributed by atoms with E-state index in [0.717, 1.165) is 42.9 Å². The van der Waals surface area contributed by atoms with Crippen LogP contribution in [0.15, 0.2) is 18.2 Å². The van der Waals surface area contributed by atoms with E-state index < -0.39 is 16.4 Å². The van der Waals surface area contributed by atoms with Crippen LogP contribution in [-0.4, -0.2) is 87.7 Å². The summed E-state index contributed by atoms with van der Waals surface area (Å²) in [6.07, 6.45) is 3.45. The van der Waals surface area contributed by atoms with E-state index in [1.54, 1.807) is 6.07 Å². The summed E-state index contributed by atoms with van der Waals surface area (Å²) in [6, 6.07) is 6.82. The van der Waals surface area contributed by atoms with Gasteiger partial charge in [-0.25, -0.2) is 9.37 Å². The maximum absolute atomic E-state index is 15.8. The van der Waals surface area contributed by atoms with Crippen LogP contribution in [0.1, 0.15) is 81.7 Å². The summed E-state index contributed by atoms with van der Waals surface area (Å²) in [4.78, 5) is 22.1. The Kier molecular flexibility index (Phi) is 13.2. The molecule has 0 bridgehead atoms. The largest absolute Gasteiger partial charge is 0.466 e. The van der Waals surface area contributed by atoms with Gasteiger partial charge in [0.2, 0.25) is 0 Å². The standard InChI is InChI=1S/C41H61ClFN3O7Si2/c1-10-11-16-49-35(47)15-12-26-19-27-13-14-28(36(27)30(43)20-26)21-31-29(42)22-32-39(44-31)46(25-48-17-18-54(5,6)7)40(45-32)52-33-23-50-38-34(24-51-37(33)38)53-55(8,9)41(2,3)4/h19-20,22,28,33-34,37-38H,10-18,21,23-25H2,1-9H3/t28-,33-,34-,37-,38-/m1/s1. The number of imidazole rings is 1. The number of carbonyl (C=O) groups is 1. The molecule has 4 heterocycles. The zero-order valence-electron chi connectivity index (χ0n) is 34.3. The average molecular weight is 819 g/mol. The Balaban J connectivity index is 1.20. The fourth-order valence-corrected chi connectivity index (χ4v) is 9.64. The van der Waals surface area contributed by atoms with Gasteiger partial charge >= 0.3 is 12.0 Å². The van der Waals surface area contributed by atoms with Gasteiger partial charge in [-0.1, -0.05) is 71.4 Å². The first-order chi connectivity index (χ1) is 25.9. The van der Waals surface area contributed by atoms with Gasteiger partial charge in [-0.15, -0.1) is 0 Å². The Morgan fingerprint density at radius 2 is 1.76 bits per heavy atom. The second-order valence-corrected chi connectivity index (χ2v) is 29.0. The molecule has 0 amide bonds. The molecule has 55 heavy (non-hydrogen) atoms. The lowest BCUT2D eigenvalue weighted by Gasteiger charge is -2.39. The minimum Gasteiger partial charge on any atom is -0.466 e. The van der Waals surface area contributed by atoms with E-state index >= 15 is 4.39 Å². The van der Waals surface area contributed by atoms with E-state index in [1.165, 1.54) is 0 Å². The predicted molar refractivity (Wildman–Crippen MR) is 218 cm³/mol. The van der Waals surface area contributed by atoms with Gasteiger partial charge in [0, 0.05) is 21.1 Å². The van der Waals surface area contributed by atoms with E-state index in [9.17, 15) is 4.79 Å². The van der Waals surface area contributed by atoms with Gasteiger partial charge in [-0.3, -0.25) is 9.36 Å². The number of hydrogen-bond donors (Lipinski definition) is 0. The Hall–Kier alpha value is -2.40. The van der Waals surface area contributed by atoms with Crippen molar-refractivity contribution in [3.8, 4) is 6.01 Å². The highest BCUT2D eigenvalue weighted by molar-refractivity contribution is 6.76. The number of esters is 1. The molecule has 0 N–H and O–H groups in total. The molecule has 1 aromatic carbocycles. The Morgan fingerprint density at radius 3 is 2.47 bits per heavy atom. The average Bonchev–Trinajstić information content (AvgIpc) is 3.86. The lowest BCUT2D eigenvalue weighted by Crippen LogP contribution is -2.47. The first kappa shape index (κ1) is 42.2. The summed E-state index contributed by atoms with van der Waals surface area (Å²) in [6.45, 7) is 22.3. The molecule has 2 aliphatic heterocycles. The molecule has 0 spiro atoms. The van der Waals surface area contributed by atoms with Crippen LogP contribution in [-0.2, 0) is 54.2 Å². The molecule has 1 aliphatic carbocycles. The van der Waals surface area contributed by atoms with Crippen molar-refractivity contribution in [3.63, 3.8) is 0 Å². The van der Waals surface area contributed by atoms with Crippen LogP contribution < -0.4 is 4.74 Å². The second-order valence-electron chi connectivity index (χ2n) is 18.3. The molecule has 0 saturated carbocycles. The number of halogens is 2. The maximum Gasteiger partial charge on any atom is 0.306 e. The number of fused-ring (bicyclic) bond motifs is 3. The van der Waals surface area contributed by atoms with Gasteiger partial charge in [-0.05, 0) is 91.0 Å². The van der Waals surface area contributed by atoms with Crippen molar-refractivity contribution in [1.29, 1.82) is 0 Å². The van der Waals surface area contributed by atoms with Gasteiger partial charge in [0.1, 0.15) is 30.3 Å². The number of ether oxygens (including phenoxy) is 5. The topological polar surface area (TPSA) is 103 Å².